The van der Waals surface area contributed by atoms with Crippen LogP contribution in [0, 0.1) is 0 Å². The Hall–Kier alpha value is -2.10. The Bertz CT molecular complexity index is 520. The van der Waals surface area contributed by atoms with E-state index in [1.54, 1.807) is 0 Å². The van der Waals surface area contributed by atoms with E-state index in [4.69, 9.17) is 5.11 Å². The van der Waals surface area contributed by atoms with Gasteiger partial charge in [0.1, 0.15) is 0 Å². The summed E-state index contributed by atoms with van der Waals surface area (Å²) in [6, 6.07) is 5.95. The molecular formula is C15H17NO3. The van der Waals surface area contributed by atoms with Crippen molar-refractivity contribution in [2.45, 2.75) is 32.1 Å². The van der Waals surface area contributed by atoms with E-state index >= 15 is 0 Å². The summed E-state index contributed by atoms with van der Waals surface area (Å²) >= 11 is 0. The van der Waals surface area contributed by atoms with Crippen molar-refractivity contribution >= 4 is 23.6 Å². The number of fused-ring (bicyclic) bond motifs is 1. The summed E-state index contributed by atoms with van der Waals surface area (Å²) in [5.41, 5.74) is 3.15. The summed E-state index contributed by atoms with van der Waals surface area (Å²) < 4.78 is 0. The zero-order valence-corrected chi connectivity index (χ0v) is 10.7. The summed E-state index contributed by atoms with van der Waals surface area (Å²) in [7, 11) is 0. The minimum atomic E-state index is -0.752. The third kappa shape index (κ3) is 3.95. The Morgan fingerprint density at radius 1 is 1.37 bits per heavy atom. The zero-order chi connectivity index (χ0) is 13.7. The Labute approximate surface area is 112 Å². The predicted octanol–water partition coefficient (Wildman–Crippen LogP) is 2.84. The number of aliphatic carboxylic acids is 1. The number of carboxylic acid groups (broad SMARTS) is 1. The third-order valence-electron chi connectivity index (χ3n) is 3.10. The van der Waals surface area contributed by atoms with E-state index in [-0.39, 0.29) is 12.3 Å². The number of hydrogen-bond acceptors (Lipinski definition) is 2. The second kappa shape index (κ2) is 6.18. The Morgan fingerprint density at radius 3 is 3.00 bits per heavy atom. The van der Waals surface area contributed by atoms with Gasteiger partial charge in [0.05, 0.1) is 0 Å². The molecule has 2 rings (SSSR count). The lowest BCUT2D eigenvalue weighted by Crippen LogP contribution is -2.18. The number of carbonyl (C=O) groups excluding carboxylic acids is 1. The molecule has 100 valence electrons. The van der Waals surface area contributed by atoms with Crippen molar-refractivity contribution in [2.24, 2.45) is 0 Å². The van der Waals surface area contributed by atoms with E-state index in [0.29, 0.717) is 12.8 Å². The number of unbranched alkanes of at least 4 members (excludes halogenated alkanes) is 1. The van der Waals surface area contributed by atoms with Crippen LogP contribution in [0.1, 0.15) is 36.8 Å². The van der Waals surface area contributed by atoms with Gasteiger partial charge in [0, 0.05) is 18.5 Å². The Balaban J connectivity index is 1.93. The first-order valence-corrected chi connectivity index (χ1v) is 6.46. The number of hydrogen-bond donors (Lipinski definition) is 2. The minimum Gasteiger partial charge on any atom is -0.481 e. The van der Waals surface area contributed by atoms with Crippen LogP contribution >= 0.6 is 0 Å². The molecule has 0 saturated carbocycles. The summed E-state index contributed by atoms with van der Waals surface area (Å²) in [6.45, 7) is 0. The molecule has 1 aliphatic rings. The van der Waals surface area contributed by atoms with Gasteiger partial charge >= 0.3 is 5.97 Å². The molecule has 0 saturated heterocycles. The van der Waals surface area contributed by atoms with Crippen LogP contribution in [0.2, 0.25) is 0 Å². The molecule has 0 aromatic heterocycles. The fourth-order valence-corrected chi connectivity index (χ4v) is 2.10. The van der Waals surface area contributed by atoms with Gasteiger partial charge in [0.15, 0.2) is 0 Å². The van der Waals surface area contributed by atoms with Gasteiger partial charge in [0.2, 0.25) is 5.91 Å². The molecule has 0 radical (unpaired) electrons. The number of anilines is 1. The first kappa shape index (κ1) is 13.3. The Morgan fingerprint density at radius 2 is 2.21 bits per heavy atom. The molecule has 1 heterocycles. The second-order valence-corrected chi connectivity index (χ2v) is 4.65. The van der Waals surface area contributed by atoms with Crippen molar-refractivity contribution in [1.82, 2.24) is 0 Å². The van der Waals surface area contributed by atoms with Crippen molar-refractivity contribution in [3.63, 3.8) is 0 Å². The van der Waals surface area contributed by atoms with E-state index in [1.807, 2.05) is 24.3 Å². The number of rotatable bonds is 5. The fourth-order valence-electron chi connectivity index (χ4n) is 2.10. The molecule has 0 bridgehead atoms. The predicted molar refractivity (Wildman–Crippen MR) is 73.9 cm³/mol. The van der Waals surface area contributed by atoms with Crippen LogP contribution < -0.4 is 5.32 Å². The number of nitrogens with one attached hydrogen (secondary N) is 1. The first-order chi connectivity index (χ1) is 9.15. The van der Waals surface area contributed by atoms with E-state index in [0.717, 1.165) is 29.7 Å². The first-order valence-electron chi connectivity index (χ1n) is 6.46. The zero-order valence-electron chi connectivity index (χ0n) is 10.7. The molecule has 1 aromatic carbocycles. The smallest absolute Gasteiger partial charge is 0.303 e. The van der Waals surface area contributed by atoms with E-state index in [9.17, 15) is 9.59 Å². The van der Waals surface area contributed by atoms with Gasteiger partial charge in [-0.2, -0.15) is 0 Å². The monoisotopic (exact) mass is 259 g/mol. The van der Waals surface area contributed by atoms with Crippen LogP contribution in [0.3, 0.4) is 0 Å². The molecular weight excluding hydrogens is 242 g/mol. The third-order valence-corrected chi connectivity index (χ3v) is 3.10. The molecule has 4 nitrogen and oxygen atoms in total. The summed E-state index contributed by atoms with van der Waals surface area (Å²) in [5.74, 6) is -0.678. The Kier molecular flexibility index (Phi) is 4.34. The lowest BCUT2D eigenvalue weighted by atomic mass is 10.00. The van der Waals surface area contributed by atoms with Gasteiger partial charge in [-0.1, -0.05) is 18.2 Å². The van der Waals surface area contributed by atoms with Crippen LogP contribution in [0.5, 0.6) is 0 Å². The largest absolute Gasteiger partial charge is 0.481 e. The highest BCUT2D eigenvalue weighted by Gasteiger charge is 2.13. The molecule has 1 aromatic rings. The molecule has 4 heteroatoms. The van der Waals surface area contributed by atoms with Crippen LogP contribution in [0.25, 0.3) is 6.08 Å². The number of carbonyl (C=O) groups is 2. The van der Waals surface area contributed by atoms with Crippen molar-refractivity contribution in [1.29, 1.82) is 0 Å². The van der Waals surface area contributed by atoms with Crippen LogP contribution in [0.4, 0.5) is 5.69 Å². The quantitative estimate of drug-likeness (QED) is 0.799. The highest BCUT2D eigenvalue weighted by atomic mass is 16.4. The van der Waals surface area contributed by atoms with Gasteiger partial charge in [-0.15, -0.1) is 0 Å². The van der Waals surface area contributed by atoms with Gasteiger partial charge in [0.25, 0.3) is 0 Å². The maximum Gasteiger partial charge on any atom is 0.303 e. The van der Waals surface area contributed by atoms with Crippen LogP contribution in [-0.4, -0.2) is 17.0 Å². The summed E-state index contributed by atoms with van der Waals surface area (Å²) in [5, 5.41) is 11.4. The molecule has 0 atom stereocenters. The van der Waals surface area contributed by atoms with Gasteiger partial charge in [-0.05, 0) is 42.5 Å². The molecule has 1 amide bonds. The molecule has 0 aliphatic carbocycles. The lowest BCUT2D eigenvalue weighted by Gasteiger charge is -2.16. The molecule has 0 spiro atoms. The average Bonchev–Trinajstić information content (AvgIpc) is 2.38. The van der Waals surface area contributed by atoms with Crippen LogP contribution in [-0.2, 0) is 16.0 Å². The standard InChI is InChI=1S/C15H17NO3/c17-14-9-7-12-10-11(6-8-13(12)16-14)4-2-1-3-5-15(18)19/h2,4,6,8,10H,1,3,5,7,9H2,(H,16,17)(H,18,19)/b4-2+. The SMILES string of the molecule is O=C(O)CCC/C=C/c1ccc2c(c1)CCC(=O)N2. The topological polar surface area (TPSA) is 66.4 Å². The maximum absolute atomic E-state index is 11.2. The van der Waals surface area contributed by atoms with Crippen molar-refractivity contribution in [3.05, 3.63) is 35.4 Å². The second-order valence-electron chi connectivity index (χ2n) is 4.65. The van der Waals surface area contributed by atoms with Gasteiger partial charge in [-0.3, -0.25) is 9.59 Å². The normalized spacial score (nSPS) is 14.2. The minimum absolute atomic E-state index is 0.0736. The molecule has 0 unspecified atom stereocenters. The molecule has 2 N–H and O–H groups in total. The molecule has 0 fully saturated rings. The fraction of sp³-hybridized carbons (Fsp3) is 0.333. The summed E-state index contributed by atoms with van der Waals surface area (Å²) in [6.07, 6.45) is 6.94. The van der Waals surface area contributed by atoms with E-state index in [1.165, 1.54) is 0 Å². The summed E-state index contributed by atoms with van der Waals surface area (Å²) in [4.78, 5) is 21.6. The number of carboxylic acids is 1. The van der Waals surface area contributed by atoms with Gasteiger partial charge < -0.3 is 10.4 Å². The maximum atomic E-state index is 11.2. The van der Waals surface area contributed by atoms with E-state index < -0.39 is 5.97 Å². The van der Waals surface area contributed by atoms with Crippen molar-refractivity contribution in [3.8, 4) is 0 Å². The number of amides is 1. The van der Waals surface area contributed by atoms with Gasteiger partial charge in [-0.25, -0.2) is 0 Å². The number of allylic oxidation sites excluding steroid dienone is 1. The van der Waals surface area contributed by atoms with Crippen molar-refractivity contribution < 1.29 is 14.7 Å². The number of aryl methyl sites for hydroxylation is 1. The molecule has 1 aliphatic heterocycles. The van der Waals surface area contributed by atoms with Crippen molar-refractivity contribution in [2.75, 3.05) is 5.32 Å². The average molecular weight is 259 g/mol. The highest BCUT2D eigenvalue weighted by Crippen LogP contribution is 2.24. The van der Waals surface area contributed by atoms with E-state index in [2.05, 4.69) is 11.4 Å². The lowest BCUT2D eigenvalue weighted by molar-refractivity contribution is -0.137. The van der Waals surface area contributed by atoms with Crippen LogP contribution in [0.15, 0.2) is 24.3 Å². The number of benzene rings is 1. The molecule has 19 heavy (non-hydrogen) atoms. The highest BCUT2D eigenvalue weighted by molar-refractivity contribution is 5.94.